The summed E-state index contributed by atoms with van der Waals surface area (Å²) in [4.78, 5) is 1.38. The van der Waals surface area contributed by atoms with Crippen molar-refractivity contribution in [2.45, 2.75) is 32.9 Å². The Morgan fingerprint density at radius 1 is 1.50 bits per heavy atom. The highest BCUT2D eigenvalue weighted by Crippen LogP contribution is 2.25. The van der Waals surface area contributed by atoms with Gasteiger partial charge in [0.05, 0.1) is 17.4 Å². The lowest BCUT2D eigenvalue weighted by Gasteiger charge is -2.16. The van der Waals surface area contributed by atoms with Crippen LogP contribution in [0.25, 0.3) is 0 Å². The van der Waals surface area contributed by atoms with Gasteiger partial charge in [0, 0.05) is 27.7 Å². The van der Waals surface area contributed by atoms with Gasteiger partial charge in [-0.3, -0.25) is 4.68 Å². The van der Waals surface area contributed by atoms with Crippen LogP contribution in [0.5, 0.6) is 0 Å². The summed E-state index contributed by atoms with van der Waals surface area (Å²) < 4.78 is 3.25. The Hall–Kier alpha value is -0.650. The van der Waals surface area contributed by atoms with Crippen molar-refractivity contribution in [2.24, 2.45) is 0 Å². The summed E-state index contributed by atoms with van der Waals surface area (Å²) in [5.74, 6) is 0. The Bertz CT molecular complexity index is 518. The number of halogens is 1. The lowest BCUT2D eigenvalue weighted by atomic mass is 10.1. The molecule has 2 heterocycles. The molecule has 0 aliphatic rings. The molecule has 5 heteroatoms. The highest BCUT2D eigenvalue weighted by Gasteiger charge is 2.16. The van der Waals surface area contributed by atoms with Crippen LogP contribution in [0.1, 0.15) is 29.2 Å². The Morgan fingerprint density at radius 3 is 2.83 bits per heavy atom. The molecule has 0 radical (unpaired) electrons. The van der Waals surface area contributed by atoms with Crippen molar-refractivity contribution in [3.8, 4) is 0 Å². The van der Waals surface area contributed by atoms with Gasteiger partial charge in [-0.15, -0.1) is 11.3 Å². The fourth-order valence-corrected chi connectivity index (χ4v) is 3.61. The number of likely N-dealkylation sites (N-methyl/N-ethyl adjacent to an activating group) is 1. The maximum atomic E-state index is 4.52. The molecular weight excluding hydrogens is 310 g/mol. The number of nitrogens with one attached hydrogen (secondary N) is 1. The molecule has 3 nitrogen and oxygen atoms in total. The second-order valence-corrected chi connectivity index (χ2v) is 6.21. The van der Waals surface area contributed by atoms with Gasteiger partial charge in [-0.2, -0.15) is 5.10 Å². The van der Waals surface area contributed by atoms with E-state index >= 15 is 0 Å². The quantitative estimate of drug-likeness (QED) is 0.910. The molecule has 0 aromatic carbocycles. The number of rotatable bonds is 5. The molecule has 0 fully saturated rings. The van der Waals surface area contributed by atoms with Crippen LogP contribution in [0.4, 0.5) is 0 Å². The molecule has 98 valence electrons. The molecule has 2 rings (SSSR count). The molecule has 0 saturated carbocycles. The molecule has 1 unspecified atom stereocenters. The monoisotopic (exact) mass is 327 g/mol. The summed E-state index contributed by atoms with van der Waals surface area (Å²) in [5, 5.41) is 10.0. The van der Waals surface area contributed by atoms with E-state index in [9.17, 15) is 0 Å². The zero-order chi connectivity index (χ0) is 13.1. The summed E-state index contributed by atoms with van der Waals surface area (Å²) in [6, 6.07) is 4.68. The van der Waals surface area contributed by atoms with E-state index < -0.39 is 0 Å². The van der Waals surface area contributed by atoms with Gasteiger partial charge >= 0.3 is 0 Å². The first-order valence-corrected chi connectivity index (χ1v) is 7.75. The molecular formula is C13H18BrN3S. The summed E-state index contributed by atoms with van der Waals surface area (Å²) in [6.45, 7) is 5.09. The normalized spacial score (nSPS) is 12.9. The SMILES string of the molecule is CCn1nc(C)cc1C(Cc1cc(Br)cs1)NC. The van der Waals surface area contributed by atoms with E-state index in [1.807, 2.05) is 14.0 Å². The van der Waals surface area contributed by atoms with Crippen molar-refractivity contribution < 1.29 is 0 Å². The van der Waals surface area contributed by atoms with Crippen molar-refractivity contribution in [1.82, 2.24) is 15.1 Å². The van der Waals surface area contributed by atoms with Gasteiger partial charge in [-0.25, -0.2) is 0 Å². The van der Waals surface area contributed by atoms with Crippen LogP contribution in [0.15, 0.2) is 22.0 Å². The Kier molecular flexibility index (Phi) is 4.59. The van der Waals surface area contributed by atoms with Crippen LogP contribution >= 0.6 is 27.3 Å². The lowest BCUT2D eigenvalue weighted by Crippen LogP contribution is -2.22. The predicted octanol–water partition coefficient (Wildman–Crippen LogP) is 3.54. The first-order valence-electron chi connectivity index (χ1n) is 6.08. The van der Waals surface area contributed by atoms with E-state index in [4.69, 9.17) is 0 Å². The zero-order valence-electron chi connectivity index (χ0n) is 10.9. The van der Waals surface area contributed by atoms with Gasteiger partial charge in [-0.05, 0) is 49.0 Å². The van der Waals surface area contributed by atoms with Crippen molar-refractivity contribution in [3.63, 3.8) is 0 Å². The Labute approximate surface area is 120 Å². The molecule has 0 amide bonds. The van der Waals surface area contributed by atoms with Crippen molar-refractivity contribution in [2.75, 3.05) is 7.05 Å². The van der Waals surface area contributed by atoms with E-state index in [1.54, 1.807) is 11.3 Å². The van der Waals surface area contributed by atoms with Crippen LogP contribution in [0.2, 0.25) is 0 Å². The molecule has 18 heavy (non-hydrogen) atoms. The van der Waals surface area contributed by atoms with Gasteiger partial charge in [0.15, 0.2) is 0 Å². The molecule has 0 aliphatic heterocycles. The number of hydrogen-bond donors (Lipinski definition) is 1. The highest BCUT2D eigenvalue weighted by atomic mass is 79.9. The minimum Gasteiger partial charge on any atom is -0.311 e. The molecule has 0 spiro atoms. The average Bonchev–Trinajstić information content (AvgIpc) is 2.92. The first kappa shape index (κ1) is 13.8. The van der Waals surface area contributed by atoms with Gasteiger partial charge in [0.2, 0.25) is 0 Å². The van der Waals surface area contributed by atoms with Gasteiger partial charge in [0.1, 0.15) is 0 Å². The largest absolute Gasteiger partial charge is 0.311 e. The molecule has 0 aliphatic carbocycles. The van der Waals surface area contributed by atoms with Gasteiger partial charge < -0.3 is 5.32 Å². The van der Waals surface area contributed by atoms with E-state index in [1.165, 1.54) is 10.6 Å². The summed E-state index contributed by atoms with van der Waals surface area (Å²) >= 11 is 5.30. The van der Waals surface area contributed by atoms with E-state index in [0.29, 0.717) is 6.04 Å². The van der Waals surface area contributed by atoms with Crippen LogP contribution < -0.4 is 5.32 Å². The van der Waals surface area contributed by atoms with Crippen LogP contribution in [-0.4, -0.2) is 16.8 Å². The van der Waals surface area contributed by atoms with E-state index in [-0.39, 0.29) is 0 Å². The standard InChI is InChI=1S/C13H18BrN3S/c1-4-17-13(5-9(2)16-17)12(15-3)7-11-6-10(14)8-18-11/h5-6,8,12,15H,4,7H2,1-3H3. The summed E-state index contributed by atoms with van der Waals surface area (Å²) in [7, 11) is 2.01. The second-order valence-electron chi connectivity index (χ2n) is 4.30. The lowest BCUT2D eigenvalue weighted by molar-refractivity contribution is 0.515. The van der Waals surface area contributed by atoms with Crippen LogP contribution in [0, 0.1) is 6.92 Å². The summed E-state index contributed by atoms with van der Waals surface area (Å²) in [6.07, 6.45) is 0.998. The molecule has 1 atom stereocenters. The minimum atomic E-state index is 0.316. The van der Waals surface area contributed by atoms with Crippen molar-refractivity contribution in [1.29, 1.82) is 0 Å². The van der Waals surface area contributed by atoms with E-state index in [0.717, 1.165) is 23.1 Å². The van der Waals surface area contributed by atoms with Crippen molar-refractivity contribution >= 4 is 27.3 Å². The van der Waals surface area contributed by atoms with Crippen molar-refractivity contribution in [3.05, 3.63) is 38.3 Å². The molecule has 0 bridgehead atoms. The Balaban J connectivity index is 2.22. The van der Waals surface area contributed by atoms with Gasteiger partial charge in [-0.1, -0.05) is 0 Å². The molecule has 1 N–H and O–H groups in total. The Morgan fingerprint density at radius 2 is 2.28 bits per heavy atom. The van der Waals surface area contributed by atoms with Crippen LogP contribution in [-0.2, 0) is 13.0 Å². The molecule has 0 saturated heterocycles. The third-order valence-electron chi connectivity index (χ3n) is 2.97. The maximum absolute atomic E-state index is 4.52. The molecule has 2 aromatic rings. The topological polar surface area (TPSA) is 29.9 Å². The van der Waals surface area contributed by atoms with Crippen LogP contribution in [0.3, 0.4) is 0 Å². The minimum absolute atomic E-state index is 0.316. The number of hydrogen-bond acceptors (Lipinski definition) is 3. The van der Waals surface area contributed by atoms with E-state index in [2.05, 4.69) is 55.5 Å². The number of aromatic nitrogens is 2. The fraction of sp³-hybridized carbons (Fsp3) is 0.462. The third-order valence-corrected chi connectivity index (χ3v) is 4.69. The highest BCUT2D eigenvalue weighted by molar-refractivity contribution is 9.10. The smallest absolute Gasteiger partial charge is 0.0597 e. The maximum Gasteiger partial charge on any atom is 0.0597 e. The first-order chi connectivity index (χ1) is 8.63. The third kappa shape index (κ3) is 3.02. The average molecular weight is 328 g/mol. The predicted molar refractivity (Wildman–Crippen MR) is 80.2 cm³/mol. The zero-order valence-corrected chi connectivity index (χ0v) is 13.3. The number of aryl methyl sites for hydroxylation is 2. The van der Waals surface area contributed by atoms with Gasteiger partial charge in [0.25, 0.3) is 0 Å². The number of thiophene rings is 1. The molecule has 2 aromatic heterocycles. The number of nitrogens with zero attached hydrogens (tertiary/aromatic N) is 2. The fourth-order valence-electron chi connectivity index (χ4n) is 2.12. The summed E-state index contributed by atoms with van der Waals surface area (Å²) in [5.41, 5.74) is 2.35. The second kappa shape index (κ2) is 5.99.